The van der Waals surface area contributed by atoms with Crippen LogP contribution in [0.4, 0.5) is 15.6 Å². The minimum Gasteiger partial charge on any atom is -0.473 e. The lowest BCUT2D eigenvalue weighted by molar-refractivity contribution is 0.117. The van der Waals surface area contributed by atoms with Gasteiger partial charge in [-0.1, -0.05) is 11.2 Å². The Morgan fingerprint density at radius 1 is 1.19 bits per heavy atom. The number of nitriles is 1. The maximum absolute atomic E-state index is 12.9. The second-order valence-corrected chi connectivity index (χ2v) is 15.1. The molecule has 2 aliphatic carbocycles. The number of nitrogen functional groups attached to an aromatic ring is 1. The molecule has 0 saturated carbocycles. The van der Waals surface area contributed by atoms with Crippen LogP contribution >= 0.6 is 11.3 Å². The number of hydrogen-bond acceptors (Lipinski definition) is 12. The predicted octanol–water partition coefficient (Wildman–Crippen LogP) is 5.93. The van der Waals surface area contributed by atoms with E-state index in [1.54, 1.807) is 29.2 Å². The van der Waals surface area contributed by atoms with Crippen LogP contribution in [0.3, 0.4) is 0 Å². The first-order chi connectivity index (χ1) is 25.2. The molecule has 0 radical (unpaired) electrons. The molecule has 268 valence electrons. The second-order valence-electron chi connectivity index (χ2n) is 14.0. The van der Waals surface area contributed by atoms with E-state index in [1.807, 2.05) is 25.1 Å². The number of nitrogens with two attached hydrogens (primary N) is 1. The van der Waals surface area contributed by atoms with Crippen LogP contribution < -0.4 is 21.1 Å². The number of anilines is 2. The monoisotopic (exact) mass is 719 g/mol. The fraction of sp³-hybridized carbons (Fsp3) is 0.432. The van der Waals surface area contributed by atoms with Gasteiger partial charge in [0.25, 0.3) is 0 Å². The number of carbonyl (C=O) groups is 1. The molecule has 6 heterocycles. The quantitative estimate of drug-likeness (QED) is 0.173. The van der Waals surface area contributed by atoms with Crippen molar-refractivity contribution in [1.82, 2.24) is 40.1 Å². The van der Waals surface area contributed by atoms with E-state index in [9.17, 15) is 10.1 Å². The first-order valence-corrected chi connectivity index (χ1v) is 18.7. The zero-order valence-electron chi connectivity index (χ0n) is 29.4. The van der Waals surface area contributed by atoms with E-state index in [-0.39, 0.29) is 18.2 Å². The van der Waals surface area contributed by atoms with Crippen molar-refractivity contribution in [3.05, 3.63) is 75.7 Å². The van der Waals surface area contributed by atoms with Crippen LogP contribution in [0.1, 0.15) is 91.4 Å². The van der Waals surface area contributed by atoms with Crippen molar-refractivity contribution in [3.8, 4) is 29.3 Å². The third-order valence-electron chi connectivity index (χ3n) is 10.7. The van der Waals surface area contributed by atoms with Gasteiger partial charge in [-0.2, -0.15) is 10.2 Å². The minimum atomic E-state index is -0.471. The number of likely N-dealkylation sites (tertiary alicyclic amines) is 1. The number of fused-ring (bicyclic) bond motifs is 4. The number of aryl methyl sites for hydroxylation is 1. The molecule has 15 heteroatoms. The highest BCUT2D eigenvalue weighted by Gasteiger charge is 2.49. The highest BCUT2D eigenvalue weighted by Crippen LogP contribution is 2.55. The average Bonchev–Trinajstić information content (AvgIpc) is 3.95. The van der Waals surface area contributed by atoms with Crippen molar-refractivity contribution in [2.24, 2.45) is 0 Å². The summed E-state index contributed by atoms with van der Waals surface area (Å²) in [6.07, 6.45) is 10.6. The molecule has 5 aromatic rings. The Morgan fingerprint density at radius 3 is 2.81 bits per heavy atom. The summed E-state index contributed by atoms with van der Waals surface area (Å²) in [4.78, 5) is 30.5. The molecular weight excluding hydrogens is 679 g/mol. The van der Waals surface area contributed by atoms with Crippen LogP contribution in [-0.2, 0) is 18.3 Å². The van der Waals surface area contributed by atoms with Gasteiger partial charge in [0, 0.05) is 41.0 Å². The first kappa shape index (κ1) is 33.8. The number of likely N-dealkylation sites (N-methyl/N-ethyl adjacent to an activating group) is 1. The second kappa shape index (κ2) is 13.7. The van der Waals surface area contributed by atoms with E-state index < -0.39 is 11.4 Å². The molecule has 52 heavy (non-hydrogen) atoms. The van der Waals surface area contributed by atoms with Gasteiger partial charge in [-0.15, -0.1) is 16.4 Å². The third-order valence-corrected chi connectivity index (χ3v) is 11.8. The number of ether oxygens (including phenoxy) is 1. The Labute approximate surface area is 305 Å². The molecule has 1 aliphatic heterocycles. The third kappa shape index (κ3) is 6.05. The Balaban J connectivity index is 1.14. The summed E-state index contributed by atoms with van der Waals surface area (Å²) in [6.45, 7) is 4.95. The van der Waals surface area contributed by atoms with E-state index >= 15 is 0 Å². The van der Waals surface area contributed by atoms with Crippen LogP contribution in [0.25, 0.3) is 17.3 Å². The number of hydrogen-bond donors (Lipinski definition) is 3. The molecule has 8 rings (SSSR count). The molecule has 0 bridgehead atoms. The Morgan fingerprint density at radius 2 is 2.04 bits per heavy atom. The number of aromatic nitrogens is 6. The van der Waals surface area contributed by atoms with Crippen LogP contribution in [0.2, 0.25) is 0 Å². The van der Waals surface area contributed by atoms with Gasteiger partial charge in [-0.25, -0.2) is 14.5 Å². The fourth-order valence-corrected chi connectivity index (χ4v) is 9.45. The lowest BCUT2D eigenvalue weighted by Crippen LogP contribution is -2.38. The molecular formula is C37H41N11O3S. The highest BCUT2D eigenvalue weighted by molar-refractivity contribution is 7.16. The van der Waals surface area contributed by atoms with Crippen LogP contribution in [0.5, 0.6) is 5.88 Å². The summed E-state index contributed by atoms with van der Waals surface area (Å²) in [5.41, 5.74) is 9.71. The summed E-state index contributed by atoms with van der Waals surface area (Å²) in [5, 5.41) is 25.6. The van der Waals surface area contributed by atoms with Gasteiger partial charge >= 0.3 is 6.03 Å². The molecule has 3 aliphatic rings. The lowest BCUT2D eigenvalue weighted by atomic mass is 9.63. The Hall–Kier alpha value is -5.33. The smallest absolute Gasteiger partial charge is 0.320 e. The van der Waals surface area contributed by atoms with Gasteiger partial charge in [0.05, 0.1) is 22.7 Å². The molecule has 0 aromatic carbocycles. The van der Waals surface area contributed by atoms with Crippen molar-refractivity contribution in [2.45, 2.75) is 88.8 Å². The van der Waals surface area contributed by atoms with Crippen LogP contribution in [0.15, 0.2) is 47.2 Å². The molecule has 1 unspecified atom stereocenters. The van der Waals surface area contributed by atoms with Crippen LogP contribution in [0, 0.1) is 11.3 Å². The van der Waals surface area contributed by atoms with Crippen LogP contribution in [-0.4, -0.2) is 66.6 Å². The number of pyridine rings is 1. The SMILES string of the molecule is C[C@H](NC(=O)Nc1ccn(-c2cc(O[C@@H](C)[C@@H]3CCCN3C)nc(-c3noc4c3CCCC43CCCc4sc(N)c(C#N)c43)n2)n1)c1ccccn1. The maximum atomic E-state index is 12.9. The molecule has 1 saturated heterocycles. The van der Waals surface area contributed by atoms with Gasteiger partial charge in [0.15, 0.2) is 28.9 Å². The van der Waals surface area contributed by atoms with E-state index in [4.69, 9.17) is 25.0 Å². The standard InChI is InChI=1S/C37H41N11O3S/c1-21(25-10-4-5-16-40-25)41-36(49)42-28-13-18-48(45-28)29-19-30(50-22(2)26-11-8-17-47(26)3)44-35(43-29)32-23-9-6-14-37(33(23)51-46-32)15-7-12-27-31(37)24(20-38)34(39)52-27/h4-5,10,13,16,18-19,21-22,26H,6-9,11-12,14-15,17,39H2,1-3H3,(H2,41,42,45,49)/t21-,22-,26-,37?/m0/s1. The fourth-order valence-electron chi connectivity index (χ4n) is 8.28. The predicted molar refractivity (Wildman–Crippen MR) is 195 cm³/mol. The summed E-state index contributed by atoms with van der Waals surface area (Å²) >= 11 is 1.52. The zero-order valence-corrected chi connectivity index (χ0v) is 30.2. The van der Waals surface area contributed by atoms with E-state index in [1.165, 1.54) is 11.3 Å². The molecule has 5 aromatic heterocycles. The number of amides is 2. The first-order valence-electron chi connectivity index (χ1n) is 17.9. The van der Waals surface area contributed by atoms with Crippen molar-refractivity contribution in [1.29, 1.82) is 5.26 Å². The highest BCUT2D eigenvalue weighted by atomic mass is 32.1. The van der Waals surface area contributed by atoms with Gasteiger partial charge in [0.1, 0.15) is 17.2 Å². The summed E-state index contributed by atoms with van der Waals surface area (Å²) in [5.74, 6) is 2.31. The van der Waals surface area contributed by atoms with Gasteiger partial charge in [0.2, 0.25) is 5.88 Å². The number of nitrogens with one attached hydrogen (secondary N) is 2. The molecule has 1 spiro atoms. The molecule has 4 atom stereocenters. The van der Waals surface area contributed by atoms with E-state index in [0.29, 0.717) is 39.6 Å². The van der Waals surface area contributed by atoms with Gasteiger partial charge in [-0.05, 0) is 96.5 Å². The van der Waals surface area contributed by atoms with Gasteiger partial charge < -0.3 is 20.3 Å². The van der Waals surface area contributed by atoms with Crippen molar-refractivity contribution in [3.63, 3.8) is 0 Å². The van der Waals surface area contributed by atoms with Crippen molar-refractivity contribution in [2.75, 3.05) is 24.6 Å². The summed E-state index contributed by atoms with van der Waals surface area (Å²) in [6, 6.07) is 10.9. The number of nitrogens with zero attached hydrogens (tertiary/aromatic N) is 8. The number of urea groups is 1. The number of thiophene rings is 1. The summed E-state index contributed by atoms with van der Waals surface area (Å²) < 4.78 is 14.4. The maximum Gasteiger partial charge on any atom is 0.320 e. The molecule has 4 N–H and O–H groups in total. The van der Waals surface area contributed by atoms with E-state index in [0.717, 1.165) is 85.4 Å². The Bertz CT molecular complexity index is 2150. The Kier molecular flexibility index (Phi) is 8.88. The van der Waals surface area contributed by atoms with E-state index in [2.05, 4.69) is 50.8 Å². The minimum absolute atomic E-state index is 0.133. The zero-order chi connectivity index (χ0) is 36.0. The lowest BCUT2D eigenvalue weighted by Gasteiger charge is -2.39. The van der Waals surface area contributed by atoms with Crippen molar-refractivity contribution >= 4 is 28.2 Å². The normalized spacial score (nSPS) is 20.8. The molecule has 2 amide bonds. The van der Waals surface area contributed by atoms with Gasteiger partial charge in [-0.3, -0.25) is 15.2 Å². The molecule has 1 fully saturated rings. The topological polar surface area (TPSA) is 186 Å². The van der Waals surface area contributed by atoms with Crippen molar-refractivity contribution < 1.29 is 14.1 Å². The average molecular weight is 720 g/mol. The molecule has 14 nitrogen and oxygen atoms in total. The number of carbonyl (C=O) groups excluding carboxylic acids is 1. The number of rotatable bonds is 8. The largest absolute Gasteiger partial charge is 0.473 e. The summed E-state index contributed by atoms with van der Waals surface area (Å²) in [7, 11) is 2.12.